The second-order valence-corrected chi connectivity index (χ2v) is 6.89. The predicted molar refractivity (Wildman–Crippen MR) is 115 cm³/mol. The lowest BCUT2D eigenvalue weighted by molar-refractivity contribution is 0.171. The number of ether oxygens (including phenoxy) is 2. The molecule has 0 amide bonds. The van der Waals surface area contributed by atoms with Gasteiger partial charge in [-0.15, -0.1) is 24.0 Å². The van der Waals surface area contributed by atoms with E-state index in [1.54, 1.807) is 0 Å². The van der Waals surface area contributed by atoms with Crippen LogP contribution in [0.2, 0.25) is 0 Å². The largest absolute Gasteiger partial charge is 0.486 e. The quantitative estimate of drug-likeness (QED) is 0.386. The van der Waals surface area contributed by atoms with Gasteiger partial charge in [-0.1, -0.05) is 26.8 Å². The molecule has 0 aromatic heterocycles. The minimum absolute atomic E-state index is 0. The minimum atomic E-state index is -0.0896. The maximum absolute atomic E-state index is 5.71. The van der Waals surface area contributed by atoms with Crippen LogP contribution in [0.5, 0.6) is 11.5 Å². The van der Waals surface area contributed by atoms with E-state index in [1.807, 2.05) is 6.07 Å². The molecule has 0 saturated heterocycles. The molecule has 1 heterocycles. The maximum Gasteiger partial charge on any atom is 0.191 e. The minimum Gasteiger partial charge on any atom is -0.486 e. The molecule has 0 spiro atoms. The third kappa shape index (κ3) is 6.24. The van der Waals surface area contributed by atoms with Crippen molar-refractivity contribution in [3.05, 3.63) is 23.8 Å². The summed E-state index contributed by atoms with van der Waals surface area (Å²) in [5.41, 5.74) is 1.11. The monoisotopic (exact) mass is 461 g/mol. The molecule has 142 valence electrons. The molecule has 2 N–H and O–H groups in total. The van der Waals surface area contributed by atoms with Gasteiger partial charge in [0.2, 0.25) is 0 Å². The van der Waals surface area contributed by atoms with Crippen LogP contribution >= 0.6 is 24.0 Å². The van der Waals surface area contributed by atoms with Crippen LogP contribution in [0.1, 0.15) is 46.6 Å². The Kier molecular flexibility index (Phi) is 8.82. The molecule has 1 aliphatic rings. The van der Waals surface area contributed by atoms with Gasteiger partial charge >= 0.3 is 0 Å². The van der Waals surface area contributed by atoms with E-state index in [0.717, 1.165) is 30.4 Å². The molecule has 0 radical (unpaired) electrons. The van der Waals surface area contributed by atoms with Crippen molar-refractivity contribution >= 4 is 29.9 Å². The summed E-state index contributed by atoms with van der Waals surface area (Å²) in [6, 6.07) is 6.59. The fourth-order valence-corrected chi connectivity index (χ4v) is 2.49. The van der Waals surface area contributed by atoms with Crippen LogP contribution in [0.25, 0.3) is 0 Å². The van der Waals surface area contributed by atoms with Crippen molar-refractivity contribution in [2.45, 2.75) is 52.5 Å². The smallest absolute Gasteiger partial charge is 0.191 e. The molecule has 1 aromatic carbocycles. The summed E-state index contributed by atoms with van der Waals surface area (Å²) >= 11 is 0. The van der Waals surface area contributed by atoms with Crippen molar-refractivity contribution in [2.75, 3.05) is 26.3 Å². The van der Waals surface area contributed by atoms with Crippen LogP contribution in [-0.2, 0) is 5.41 Å². The molecule has 5 nitrogen and oxygen atoms in total. The number of aliphatic imine (C=N–C) groups is 1. The lowest BCUT2D eigenvalue weighted by Crippen LogP contribution is -2.42. The topological polar surface area (TPSA) is 54.9 Å². The second kappa shape index (κ2) is 10.1. The first-order valence-corrected chi connectivity index (χ1v) is 8.91. The molecule has 0 saturated carbocycles. The number of halogens is 1. The Morgan fingerprint density at radius 1 is 1.20 bits per heavy atom. The zero-order chi connectivity index (χ0) is 17.6. The van der Waals surface area contributed by atoms with Gasteiger partial charge in [-0.05, 0) is 38.0 Å². The molecule has 0 aliphatic carbocycles. The Bertz CT molecular complexity index is 576. The van der Waals surface area contributed by atoms with E-state index in [-0.39, 0.29) is 29.4 Å². The summed E-state index contributed by atoms with van der Waals surface area (Å²) in [5.74, 6) is 2.54. The van der Waals surface area contributed by atoms with Crippen molar-refractivity contribution in [1.82, 2.24) is 10.6 Å². The number of fused-ring (bicyclic) bond motifs is 1. The number of hydrogen-bond donors (Lipinski definition) is 2. The second-order valence-electron chi connectivity index (χ2n) is 6.89. The molecule has 1 aromatic rings. The number of guanidine groups is 1. The van der Waals surface area contributed by atoms with E-state index >= 15 is 0 Å². The lowest BCUT2D eigenvalue weighted by Gasteiger charge is -2.27. The summed E-state index contributed by atoms with van der Waals surface area (Å²) in [6.45, 7) is 13.6. The van der Waals surface area contributed by atoms with Crippen molar-refractivity contribution < 1.29 is 9.47 Å². The van der Waals surface area contributed by atoms with Crippen LogP contribution in [0, 0.1) is 0 Å². The Morgan fingerprint density at radius 3 is 2.52 bits per heavy atom. The molecule has 6 heteroatoms. The number of rotatable bonds is 6. The van der Waals surface area contributed by atoms with Crippen molar-refractivity contribution in [3.63, 3.8) is 0 Å². The zero-order valence-electron chi connectivity index (χ0n) is 16.0. The van der Waals surface area contributed by atoms with Crippen LogP contribution < -0.4 is 20.1 Å². The molecular formula is C19H32IN3O2. The fraction of sp³-hybridized carbons (Fsp3) is 0.632. The van der Waals surface area contributed by atoms with Crippen molar-refractivity contribution in [3.8, 4) is 11.5 Å². The van der Waals surface area contributed by atoms with Gasteiger partial charge in [-0.25, -0.2) is 0 Å². The van der Waals surface area contributed by atoms with Gasteiger partial charge < -0.3 is 20.1 Å². The Hall–Kier alpha value is -1.18. The van der Waals surface area contributed by atoms with Crippen molar-refractivity contribution in [1.29, 1.82) is 0 Å². The molecule has 1 atom stereocenters. The van der Waals surface area contributed by atoms with Gasteiger partial charge in [0, 0.05) is 18.0 Å². The highest BCUT2D eigenvalue weighted by molar-refractivity contribution is 14.0. The van der Waals surface area contributed by atoms with Gasteiger partial charge in [0.1, 0.15) is 13.2 Å². The van der Waals surface area contributed by atoms with Gasteiger partial charge in [0.05, 0.1) is 6.54 Å². The third-order valence-electron chi connectivity index (χ3n) is 4.30. The molecular weight excluding hydrogens is 429 g/mol. The Balaban J connectivity index is 0.00000312. The van der Waals surface area contributed by atoms with Crippen LogP contribution in [-0.4, -0.2) is 38.3 Å². The molecule has 25 heavy (non-hydrogen) atoms. The van der Waals surface area contributed by atoms with Crippen LogP contribution in [0.4, 0.5) is 0 Å². The number of nitrogens with zero attached hydrogens (tertiary/aromatic N) is 1. The molecule has 1 aliphatic heterocycles. The summed E-state index contributed by atoms with van der Waals surface area (Å²) < 4.78 is 11.3. The van der Waals surface area contributed by atoms with E-state index in [0.29, 0.717) is 25.8 Å². The fourth-order valence-electron chi connectivity index (χ4n) is 2.49. The first-order chi connectivity index (χ1) is 11.5. The van der Waals surface area contributed by atoms with Gasteiger partial charge in [0.25, 0.3) is 0 Å². The van der Waals surface area contributed by atoms with E-state index in [9.17, 15) is 0 Å². The van der Waals surface area contributed by atoms with Crippen molar-refractivity contribution in [2.24, 2.45) is 4.99 Å². The highest BCUT2D eigenvalue weighted by atomic mass is 127. The molecule has 0 fully saturated rings. The Morgan fingerprint density at radius 2 is 1.88 bits per heavy atom. The van der Waals surface area contributed by atoms with E-state index in [4.69, 9.17) is 14.5 Å². The number of hydrogen-bond acceptors (Lipinski definition) is 3. The Labute approximate surface area is 169 Å². The maximum atomic E-state index is 5.71. The normalized spacial score (nSPS) is 15.2. The molecule has 2 rings (SSSR count). The van der Waals surface area contributed by atoms with Gasteiger partial charge in [0.15, 0.2) is 17.5 Å². The van der Waals surface area contributed by atoms with Crippen LogP contribution in [0.15, 0.2) is 23.2 Å². The summed E-state index contributed by atoms with van der Waals surface area (Å²) in [6.07, 6.45) is 1.07. The first-order valence-electron chi connectivity index (χ1n) is 8.91. The summed E-state index contributed by atoms with van der Waals surface area (Å²) in [7, 11) is 0. The van der Waals surface area contributed by atoms with E-state index in [2.05, 4.69) is 57.4 Å². The number of benzene rings is 1. The summed E-state index contributed by atoms with van der Waals surface area (Å²) in [5, 5.41) is 6.75. The highest BCUT2D eigenvalue weighted by Gasteiger charge is 2.23. The third-order valence-corrected chi connectivity index (χ3v) is 4.30. The summed E-state index contributed by atoms with van der Waals surface area (Å²) in [4.78, 5) is 4.78. The van der Waals surface area contributed by atoms with E-state index < -0.39 is 0 Å². The SMILES string of the molecule is CCNC(=NCC(C)(C)c1ccc2c(c1)OCCO2)NC(C)CC.I. The predicted octanol–water partition coefficient (Wildman–Crippen LogP) is 3.71. The average molecular weight is 461 g/mol. The average Bonchev–Trinajstić information content (AvgIpc) is 2.59. The number of nitrogens with one attached hydrogen (secondary N) is 2. The zero-order valence-corrected chi connectivity index (χ0v) is 18.3. The van der Waals surface area contributed by atoms with Gasteiger partial charge in [-0.3, -0.25) is 4.99 Å². The first kappa shape index (κ1) is 21.9. The standard InChI is InChI=1S/C19H31N3O2.HI/c1-6-14(3)22-18(20-7-2)21-13-19(4,5)15-8-9-16-17(12-15)24-11-10-23-16;/h8-9,12,14H,6-7,10-11,13H2,1-5H3,(H2,20,21,22);1H. The molecule has 1 unspecified atom stereocenters. The van der Waals surface area contributed by atoms with Gasteiger partial charge in [-0.2, -0.15) is 0 Å². The lowest BCUT2D eigenvalue weighted by atomic mass is 9.84. The van der Waals surface area contributed by atoms with E-state index in [1.165, 1.54) is 5.56 Å². The van der Waals surface area contributed by atoms with Crippen LogP contribution in [0.3, 0.4) is 0 Å². The molecule has 0 bridgehead atoms. The highest BCUT2D eigenvalue weighted by Crippen LogP contribution is 2.35.